The largest absolute Gasteiger partial charge is 0.361 e. The number of hydrogen-bond donors (Lipinski definition) is 0. The molecule has 1 aliphatic heterocycles. The molecule has 0 aliphatic carbocycles. The van der Waals surface area contributed by atoms with Crippen LogP contribution in [0.4, 0.5) is 11.4 Å². The zero-order chi connectivity index (χ0) is 21.1. The second-order valence-corrected chi connectivity index (χ2v) is 8.49. The highest BCUT2D eigenvalue weighted by molar-refractivity contribution is 6.36. The first-order valence-corrected chi connectivity index (χ1v) is 10.7. The molecule has 1 aliphatic rings. The summed E-state index contributed by atoms with van der Waals surface area (Å²) in [6, 6.07) is 17.5. The third-order valence-corrected chi connectivity index (χ3v) is 6.05. The lowest BCUT2D eigenvalue weighted by Crippen LogP contribution is -2.48. The van der Waals surface area contributed by atoms with Crippen molar-refractivity contribution in [1.82, 2.24) is 9.88 Å². The molecule has 4 nitrogen and oxygen atoms in total. The van der Waals surface area contributed by atoms with E-state index in [2.05, 4.69) is 31.8 Å². The lowest BCUT2D eigenvalue weighted by atomic mass is 10.0. The predicted molar refractivity (Wildman–Crippen MR) is 124 cm³/mol. The van der Waals surface area contributed by atoms with E-state index in [1.165, 1.54) is 5.56 Å². The fraction of sp³-hybridized carbons (Fsp3) is 0.217. The average molecular weight is 458 g/mol. The van der Waals surface area contributed by atoms with Gasteiger partial charge in [0.1, 0.15) is 0 Å². The minimum absolute atomic E-state index is 0.109. The van der Waals surface area contributed by atoms with Gasteiger partial charge in [-0.05, 0) is 42.0 Å². The third-order valence-electron chi connectivity index (χ3n) is 5.26. The van der Waals surface area contributed by atoms with Crippen LogP contribution in [0, 0.1) is 6.57 Å². The van der Waals surface area contributed by atoms with Gasteiger partial charge in [-0.25, -0.2) is 4.85 Å². The van der Waals surface area contributed by atoms with Gasteiger partial charge in [0.15, 0.2) is 0 Å². The summed E-state index contributed by atoms with van der Waals surface area (Å²) < 4.78 is 0. The number of anilines is 1. The fourth-order valence-corrected chi connectivity index (χ4v) is 4.40. The number of pyridine rings is 1. The van der Waals surface area contributed by atoms with Gasteiger partial charge in [0.05, 0.1) is 29.0 Å². The van der Waals surface area contributed by atoms with Crippen molar-refractivity contribution in [3.8, 4) is 0 Å². The first kappa shape index (κ1) is 21.0. The van der Waals surface area contributed by atoms with Crippen LogP contribution in [-0.4, -0.2) is 29.5 Å². The van der Waals surface area contributed by atoms with Crippen LogP contribution in [0.2, 0.25) is 15.1 Å². The fourth-order valence-electron chi connectivity index (χ4n) is 3.76. The SMILES string of the molecule is [C-]#[N+]c1ccc(CN2CCN(c3ccc(Cl)cc3Cl)[C@H](c3ccc(Cl)cc3)C2)nc1. The number of piperazine rings is 1. The van der Waals surface area contributed by atoms with Crippen LogP contribution in [0.1, 0.15) is 17.3 Å². The van der Waals surface area contributed by atoms with E-state index in [0.29, 0.717) is 20.8 Å². The number of benzene rings is 2. The van der Waals surface area contributed by atoms with Crippen molar-refractivity contribution in [2.24, 2.45) is 0 Å². The molecule has 0 N–H and O–H groups in total. The van der Waals surface area contributed by atoms with Crippen LogP contribution in [0.15, 0.2) is 60.8 Å². The molecule has 1 saturated heterocycles. The quantitative estimate of drug-likeness (QED) is 0.409. The van der Waals surface area contributed by atoms with E-state index in [0.717, 1.165) is 37.6 Å². The number of halogens is 3. The average Bonchev–Trinajstić information content (AvgIpc) is 2.75. The van der Waals surface area contributed by atoms with Gasteiger partial charge in [-0.2, -0.15) is 0 Å². The summed E-state index contributed by atoms with van der Waals surface area (Å²) in [4.78, 5) is 12.5. The molecule has 0 bridgehead atoms. The molecule has 7 heteroatoms. The minimum atomic E-state index is 0.109. The highest BCUT2D eigenvalue weighted by Crippen LogP contribution is 2.37. The van der Waals surface area contributed by atoms with E-state index in [4.69, 9.17) is 41.4 Å². The van der Waals surface area contributed by atoms with Gasteiger partial charge < -0.3 is 4.90 Å². The molecule has 152 valence electrons. The van der Waals surface area contributed by atoms with E-state index in [1.54, 1.807) is 12.3 Å². The number of rotatable bonds is 4. The molecule has 1 aromatic heterocycles. The van der Waals surface area contributed by atoms with Gasteiger partial charge >= 0.3 is 0 Å². The zero-order valence-corrected chi connectivity index (χ0v) is 18.4. The summed E-state index contributed by atoms with van der Waals surface area (Å²) in [7, 11) is 0. The maximum absolute atomic E-state index is 7.08. The molecule has 2 heterocycles. The summed E-state index contributed by atoms with van der Waals surface area (Å²) in [5.74, 6) is 0. The summed E-state index contributed by atoms with van der Waals surface area (Å²) in [6.45, 7) is 10.3. The van der Waals surface area contributed by atoms with Crippen molar-refractivity contribution in [2.75, 3.05) is 24.5 Å². The molecule has 3 aromatic rings. The van der Waals surface area contributed by atoms with Crippen LogP contribution in [-0.2, 0) is 6.54 Å². The first-order chi connectivity index (χ1) is 14.5. The zero-order valence-electron chi connectivity index (χ0n) is 16.1. The van der Waals surface area contributed by atoms with Crippen molar-refractivity contribution < 1.29 is 0 Å². The van der Waals surface area contributed by atoms with E-state index >= 15 is 0 Å². The van der Waals surface area contributed by atoms with Crippen LogP contribution < -0.4 is 4.90 Å². The molecular weight excluding hydrogens is 439 g/mol. The molecule has 0 saturated carbocycles. The third kappa shape index (κ3) is 4.71. The van der Waals surface area contributed by atoms with Crippen molar-refractivity contribution in [3.05, 3.63) is 98.5 Å². The summed E-state index contributed by atoms with van der Waals surface area (Å²) in [6.07, 6.45) is 1.63. The standard InChI is InChI=1S/C23H19Cl3N4/c1-27-19-7-8-20(28-13-19)14-29-10-11-30(22-9-6-18(25)12-21(22)26)23(15-29)16-2-4-17(24)5-3-16/h2-9,12-13,23H,10-11,14-15H2/t23-/m0/s1. The molecule has 0 unspecified atom stereocenters. The Balaban J connectivity index is 1.60. The van der Waals surface area contributed by atoms with E-state index in [1.807, 2.05) is 36.4 Å². The van der Waals surface area contributed by atoms with Gasteiger partial charge in [-0.15, -0.1) is 0 Å². The van der Waals surface area contributed by atoms with Gasteiger partial charge in [-0.3, -0.25) is 9.88 Å². The molecule has 1 atom stereocenters. The monoisotopic (exact) mass is 456 g/mol. The molecular formula is C23H19Cl3N4. The normalized spacial score (nSPS) is 17.0. The Kier molecular flexibility index (Phi) is 6.46. The van der Waals surface area contributed by atoms with Gasteiger partial charge in [0.25, 0.3) is 0 Å². The topological polar surface area (TPSA) is 23.7 Å². The highest BCUT2D eigenvalue weighted by atomic mass is 35.5. The molecule has 0 spiro atoms. The Hall–Kier alpha value is -2.29. The Morgan fingerprint density at radius 1 is 0.967 bits per heavy atom. The maximum Gasteiger partial charge on any atom is 0.205 e. The molecule has 30 heavy (non-hydrogen) atoms. The summed E-state index contributed by atoms with van der Waals surface area (Å²) >= 11 is 18.8. The predicted octanol–water partition coefficient (Wildman–Crippen LogP) is 6.66. The van der Waals surface area contributed by atoms with Crippen LogP contribution in [0.5, 0.6) is 0 Å². The minimum Gasteiger partial charge on any atom is -0.361 e. The first-order valence-electron chi connectivity index (χ1n) is 9.55. The summed E-state index contributed by atoms with van der Waals surface area (Å²) in [5.41, 5.74) is 3.65. The van der Waals surface area contributed by atoms with E-state index < -0.39 is 0 Å². The van der Waals surface area contributed by atoms with E-state index in [9.17, 15) is 0 Å². The van der Waals surface area contributed by atoms with Crippen molar-refractivity contribution in [2.45, 2.75) is 12.6 Å². The van der Waals surface area contributed by atoms with Crippen LogP contribution in [0.25, 0.3) is 4.85 Å². The van der Waals surface area contributed by atoms with Gasteiger partial charge in [0, 0.05) is 42.4 Å². The molecule has 4 rings (SSSR count). The van der Waals surface area contributed by atoms with Crippen molar-refractivity contribution in [1.29, 1.82) is 0 Å². The summed E-state index contributed by atoms with van der Waals surface area (Å²) in [5, 5.41) is 1.98. The second-order valence-electron chi connectivity index (χ2n) is 7.21. The van der Waals surface area contributed by atoms with Crippen LogP contribution in [0.3, 0.4) is 0 Å². The highest BCUT2D eigenvalue weighted by Gasteiger charge is 2.30. The number of aromatic nitrogens is 1. The second kappa shape index (κ2) is 9.24. The maximum atomic E-state index is 7.08. The Labute approximate surface area is 191 Å². The lowest BCUT2D eigenvalue weighted by molar-refractivity contribution is 0.213. The lowest BCUT2D eigenvalue weighted by Gasteiger charge is -2.43. The van der Waals surface area contributed by atoms with Gasteiger partial charge in [-0.1, -0.05) is 53.0 Å². The smallest absolute Gasteiger partial charge is 0.205 e. The van der Waals surface area contributed by atoms with E-state index in [-0.39, 0.29) is 6.04 Å². The molecule has 0 radical (unpaired) electrons. The Morgan fingerprint density at radius 3 is 2.40 bits per heavy atom. The molecule has 2 aromatic carbocycles. The van der Waals surface area contributed by atoms with Crippen LogP contribution >= 0.6 is 34.8 Å². The molecule has 1 fully saturated rings. The van der Waals surface area contributed by atoms with Crippen molar-refractivity contribution in [3.63, 3.8) is 0 Å². The Morgan fingerprint density at radius 2 is 1.73 bits per heavy atom. The number of hydrogen-bond acceptors (Lipinski definition) is 3. The number of nitrogens with zero attached hydrogens (tertiary/aromatic N) is 4. The molecule has 0 amide bonds. The van der Waals surface area contributed by atoms with Crippen molar-refractivity contribution >= 4 is 46.2 Å². The van der Waals surface area contributed by atoms with Gasteiger partial charge in [0.2, 0.25) is 5.69 Å². The Bertz CT molecular complexity index is 1060.